The van der Waals surface area contributed by atoms with Gasteiger partial charge in [0.05, 0.1) is 6.26 Å². The van der Waals surface area contributed by atoms with Gasteiger partial charge in [-0.15, -0.1) is 0 Å². The molecule has 2 amide bonds. The maximum absolute atomic E-state index is 12.0. The lowest BCUT2D eigenvalue weighted by Gasteiger charge is -2.19. The van der Waals surface area contributed by atoms with Crippen LogP contribution in [0.25, 0.3) is 0 Å². The molecule has 0 spiro atoms. The number of carbonyl (C=O) groups is 1. The summed E-state index contributed by atoms with van der Waals surface area (Å²) in [5.41, 5.74) is 0. The lowest BCUT2D eigenvalue weighted by Crippen LogP contribution is -2.45. The molecule has 3 N–H and O–H groups in total. The minimum Gasteiger partial charge on any atom is -0.467 e. The van der Waals surface area contributed by atoms with Crippen molar-refractivity contribution in [1.82, 2.24) is 10.6 Å². The van der Waals surface area contributed by atoms with E-state index in [1.165, 1.54) is 12.7 Å². The number of urea groups is 1. The lowest BCUT2D eigenvalue weighted by atomic mass is 10.1. The Morgan fingerprint density at radius 3 is 3.05 bits per heavy atom. The molecule has 4 unspecified atom stereocenters. The van der Waals surface area contributed by atoms with Crippen molar-refractivity contribution in [3.8, 4) is 0 Å². The summed E-state index contributed by atoms with van der Waals surface area (Å²) in [6, 6.07) is 3.48. The van der Waals surface area contributed by atoms with E-state index in [4.69, 9.17) is 4.42 Å². The third-order valence-corrected chi connectivity index (χ3v) is 5.18. The van der Waals surface area contributed by atoms with Gasteiger partial charge in [0.25, 0.3) is 0 Å². The zero-order valence-corrected chi connectivity index (χ0v) is 14.1. The zero-order chi connectivity index (χ0) is 15.9. The van der Waals surface area contributed by atoms with Crippen LogP contribution in [0.4, 0.5) is 4.79 Å². The van der Waals surface area contributed by atoms with E-state index < -0.39 is 6.10 Å². The molecule has 0 saturated heterocycles. The number of carbonyl (C=O) groups excluding carboxylic acids is 1. The molecule has 6 heteroatoms. The minimum absolute atomic E-state index is 0.123. The fourth-order valence-electron chi connectivity index (χ4n) is 2.90. The monoisotopic (exact) mass is 326 g/mol. The summed E-state index contributed by atoms with van der Waals surface area (Å²) >= 11 is 1.98. The molecule has 4 atom stereocenters. The smallest absolute Gasteiger partial charge is 0.315 e. The van der Waals surface area contributed by atoms with Crippen molar-refractivity contribution in [1.29, 1.82) is 0 Å². The molecule has 1 aliphatic carbocycles. The Morgan fingerprint density at radius 1 is 1.55 bits per heavy atom. The molecule has 22 heavy (non-hydrogen) atoms. The van der Waals surface area contributed by atoms with Crippen LogP contribution < -0.4 is 10.6 Å². The molecular weight excluding hydrogens is 300 g/mol. The second-order valence-electron chi connectivity index (χ2n) is 5.87. The summed E-state index contributed by atoms with van der Waals surface area (Å²) in [5.74, 6) is 1.66. The maximum atomic E-state index is 12.0. The maximum Gasteiger partial charge on any atom is 0.315 e. The highest BCUT2D eigenvalue weighted by Gasteiger charge is 2.26. The van der Waals surface area contributed by atoms with Gasteiger partial charge in [-0.05, 0) is 44.1 Å². The molecule has 1 aromatic heterocycles. The first-order valence-corrected chi connectivity index (χ1v) is 9.03. The molecule has 1 heterocycles. The van der Waals surface area contributed by atoms with Crippen molar-refractivity contribution in [3.63, 3.8) is 0 Å². The van der Waals surface area contributed by atoms with Crippen LogP contribution in [0.1, 0.15) is 51.4 Å². The Labute approximate surface area is 136 Å². The predicted octanol–water partition coefficient (Wildman–Crippen LogP) is 3.07. The highest BCUT2D eigenvalue weighted by Crippen LogP contribution is 2.29. The van der Waals surface area contributed by atoms with Gasteiger partial charge < -0.3 is 20.2 Å². The fourth-order valence-corrected chi connectivity index (χ4v) is 4.04. The molecule has 124 valence electrons. The molecule has 5 nitrogen and oxygen atoms in total. The van der Waals surface area contributed by atoms with Crippen LogP contribution in [-0.4, -0.2) is 34.2 Å². The van der Waals surface area contributed by atoms with Crippen molar-refractivity contribution in [3.05, 3.63) is 24.2 Å². The number of aliphatic hydroxyl groups is 1. The first-order valence-electron chi connectivity index (χ1n) is 7.98. The van der Waals surface area contributed by atoms with Gasteiger partial charge in [-0.25, -0.2) is 4.79 Å². The van der Waals surface area contributed by atoms with Gasteiger partial charge in [-0.3, -0.25) is 0 Å². The van der Waals surface area contributed by atoms with Crippen LogP contribution in [0.3, 0.4) is 0 Å². The van der Waals surface area contributed by atoms with E-state index in [-0.39, 0.29) is 18.1 Å². The van der Waals surface area contributed by atoms with Gasteiger partial charge in [-0.2, -0.15) is 11.8 Å². The van der Waals surface area contributed by atoms with Gasteiger partial charge >= 0.3 is 6.03 Å². The number of hydrogen-bond donors (Lipinski definition) is 3. The zero-order valence-electron chi connectivity index (χ0n) is 13.2. The number of nitrogens with one attached hydrogen (secondary N) is 2. The van der Waals surface area contributed by atoms with Crippen LogP contribution in [0.15, 0.2) is 22.8 Å². The molecular formula is C16H26N2O3S. The second-order valence-corrected chi connectivity index (χ2v) is 7.45. The average Bonchev–Trinajstić information content (AvgIpc) is 3.10. The largest absolute Gasteiger partial charge is 0.467 e. The Hall–Kier alpha value is -1.14. The van der Waals surface area contributed by atoms with Crippen molar-refractivity contribution < 1.29 is 14.3 Å². The van der Waals surface area contributed by atoms with Gasteiger partial charge in [0, 0.05) is 23.8 Å². The highest BCUT2D eigenvalue weighted by atomic mass is 32.2. The SMILES string of the molecule is CCSC1CCC(NC(=O)NC(C)CC(O)c2ccco2)C1. The highest BCUT2D eigenvalue weighted by molar-refractivity contribution is 7.99. The number of amides is 2. The summed E-state index contributed by atoms with van der Waals surface area (Å²) in [6.07, 6.45) is 4.55. The number of aliphatic hydroxyl groups excluding tert-OH is 1. The van der Waals surface area contributed by atoms with Crippen LogP contribution in [0.2, 0.25) is 0 Å². The van der Waals surface area contributed by atoms with E-state index in [0.717, 1.165) is 18.6 Å². The summed E-state index contributed by atoms with van der Waals surface area (Å²) < 4.78 is 5.16. The summed E-state index contributed by atoms with van der Waals surface area (Å²) in [6.45, 7) is 4.06. The first kappa shape index (κ1) is 17.2. The molecule has 1 aromatic rings. The summed E-state index contributed by atoms with van der Waals surface area (Å²) in [7, 11) is 0. The molecule has 2 rings (SSSR count). The molecule has 0 aliphatic heterocycles. The van der Waals surface area contributed by atoms with E-state index in [2.05, 4.69) is 17.6 Å². The topological polar surface area (TPSA) is 74.5 Å². The van der Waals surface area contributed by atoms with Crippen LogP contribution in [0, 0.1) is 0 Å². The fraction of sp³-hybridized carbons (Fsp3) is 0.688. The lowest BCUT2D eigenvalue weighted by molar-refractivity contribution is 0.129. The minimum atomic E-state index is -0.692. The Bertz CT molecular complexity index is 452. The standard InChI is InChI=1S/C16H26N2O3S/c1-3-22-13-7-6-12(10-13)18-16(20)17-11(2)9-14(19)15-5-4-8-21-15/h4-5,8,11-14,19H,3,6-7,9-10H2,1-2H3,(H2,17,18,20). The summed E-state index contributed by atoms with van der Waals surface area (Å²) in [5, 5.41) is 16.6. The second kappa shape index (κ2) is 8.48. The number of thioether (sulfide) groups is 1. The van der Waals surface area contributed by atoms with Crippen LogP contribution in [0.5, 0.6) is 0 Å². The van der Waals surface area contributed by atoms with Gasteiger partial charge in [-0.1, -0.05) is 6.92 Å². The number of furan rings is 1. The average molecular weight is 326 g/mol. The normalized spacial score (nSPS) is 24.0. The van der Waals surface area contributed by atoms with E-state index in [0.29, 0.717) is 17.4 Å². The Kier molecular flexibility index (Phi) is 6.64. The van der Waals surface area contributed by atoms with Crippen LogP contribution in [-0.2, 0) is 0 Å². The molecule has 1 saturated carbocycles. The molecule has 0 aromatic carbocycles. The third-order valence-electron chi connectivity index (χ3n) is 3.95. The first-order chi connectivity index (χ1) is 10.6. The molecule has 0 radical (unpaired) electrons. The van der Waals surface area contributed by atoms with Gasteiger partial charge in [0.2, 0.25) is 0 Å². The molecule has 0 bridgehead atoms. The van der Waals surface area contributed by atoms with Crippen molar-refractivity contribution in [2.45, 2.75) is 63.0 Å². The van der Waals surface area contributed by atoms with E-state index in [1.807, 2.05) is 18.7 Å². The van der Waals surface area contributed by atoms with E-state index in [9.17, 15) is 9.90 Å². The Morgan fingerprint density at radius 2 is 2.36 bits per heavy atom. The molecule has 1 fully saturated rings. The van der Waals surface area contributed by atoms with E-state index >= 15 is 0 Å². The van der Waals surface area contributed by atoms with Gasteiger partial charge in [0.1, 0.15) is 11.9 Å². The Balaban J connectivity index is 1.68. The number of rotatable bonds is 7. The van der Waals surface area contributed by atoms with E-state index in [1.54, 1.807) is 12.1 Å². The number of hydrogen-bond acceptors (Lipinski definition) is 4. The summed E-state index contributed by atoms with van der Waals surface area (Å²) in [4.78, 5) is 12.0. The van der Waals surface area contributed by atoms with Crippen molar-refractivity contribution in [2.75, 3.05) is 5.75 Å². The van der Waals surface area contributed by atoms with Crippen molar-refractivity contribution in [2.24, 2.45) is 0 Å². The van der Waals surface area contributed by atoms with Crippen LogP contribution >= 0.6 is 11.8 Å². The predicted molar refractivity (Wildman–Crippen MR) is 89.0 cm³/mol. The van der Waals surface area contributed by atoms with Crippen molar-refractivity contribution >= 4 is 17.8 Å². The third kappa shape index (κ3) is 5.25. The molecule has 1 aliphatic rings. The van der Waals surface area contributed by atoms with Gasteiger partial charge in [0.15, 0.2) is 0 Å². The quantitative estimate of drug-likeness (QED) is 0.720.